The largest absolute Gasteiger partial charge is 0.380 e. The summed E-state index contributed by atoms with van der Waals surface area (Å²) >= 11 is 0. The van der Waals surface area contributed by atoms with Gasteiger partial charge in [0.1, 0.15) is 0 Å². The molecule has 1 aromatic carbocycles. The molecule has 0 spiro atoms. The van der Waals surface area contributed by atoms with Crippen LogP contribution in [-0.4, -0.2) is 17.1 Å². The van der Waals surface area contributed by atoms with Gasteiger partial charge >= 0.3 is 0 Å². The predicted molar refractivity (Wildman–Crippen MR) is 97.4 cm³/mol. The van der Waals surface area contributed by atoms with E-state index in [9.17, 15) is 9.59 Å². The standard InChI is InChI=1S/C20H31NO2/c1-18(2,3)16(22)13-10-14(17(23)19(4,5)6)12-15(11-13)21-20(7,8)9/h10-12,21H,1-9H3. The Morgan fingerprint density at radius 1 is 0.696 bits per heavy atom. The van der Waals surface area contributed by atoms with E-state index < -0.39 is 10.8 Å². The lowest BCUT2D eigenvalue weighted by Gasteiger charge is -2.25. The van der Waals surface area contributed by atoms with Gasteiger partial charge in [-0.15, -0.1) is 0 Å². The van der Waals surface area contributed by atoms with Crippen LogP contribution in [-0.2, 0) is 0 Å². The molecule has 1 rings (SSSR count). The molecular formula is C20H31NO2. The number of benzene rings is 1. The molecule has 0 radical (unpaired) electrons. The van der Waals surface area contributed by atoms with Crippen molar-refractivity contribution < 1.29 is 9.59 Å². The molecule has 3 nitrogen and oxygen atoms in total. The smallest absolute Gasteiger partial charge is 0.168 e. The molecule has 0 aromatic heterocycles. The third-order valence-corrected chi connectivity index (χ3v) is 3.34. The summed E-state index contributed by atoms with van der Waals surface area (Å²) in [6, 6.07) is 5.42. The molecule has 0 fully saturated rings. The van der Waals surface area contributed by atoms with Crippen molar-refractivity contribution in [1.82, 2.24) is 0 Å². The molecule has 0 bridgehead atoms. The summed E-state index contributed by atoms with van der Waals surface area (Å²) in [5.74, 6) is 0.0797. The molecule has 0 atom stereocenters. The molecule has 0 aliphatic heterocycles. The molecule has 0 saturated carbocycles. The highest BCUT2D eigenvalue weighted by Crippen LogP contribution is 2.28. The quantitative estimate of drug-likeness (QED) is 0.764. The van der Waals surface area contributed by atoms with Gasteiger partial charge < -0.3 is 5.32 Å². The van der Waals surface area contributed by atoms with Crippen LogP contribution in [0.15, 0.2) is 18.2 Å². The molecular weight excluding hydrogens is 286 g/mol. The van der Waals surface area contributed by atoms with Crippen LogP contribution >= 0.6 is 0 Å². The summed E-state index contributed by atoms with van der Waals surface area (Å²) in [6.07, 6.45) is 0. The molecule has 0 unspecified atom stereocenters. The Labute approximate surface area is 140 Å². The second kappa shape index (κ2) is 6.10. The van der Waals surface area contributed by atoms with Gasteiger partial charge in [0.15, 0.2) is 11.6 Å². The molecule has 23 heavy (non-hydrogen) atoms. The molecule has 1 N–H and O–H groups in total. The van der Waals surface area contributed by atoms with Crippen molar-refractivity contribution in [3.05, 3.63) is 29.3 Å². The van der Waals surface area contributed by atoms with Crippen LogP contribution < -0.4 is 5.32 Å². The number of carbonyl (C=O) groups is 2. The van der Waals surface area contributed by atoms with E-state index in [1.165, 1.54) is 0 Å². The van der Waals surface area contributed by atoms with Crippen molar-refractivity contribution in [2.24, 2.45) is 10.8 Å². The molecule has 3 heteroatoms. The predicted octanol–water partition coefficient (Wildman–Crippen LogP) is 5.35. The molecule has 0 heterocycles. The zero-order valence-corrected chi connectivity index (χ0v) is 16.0. The number of hydrogen-bond acceptors (Lipinski definition) is 3. The Hall–Kier alpha value is -1.64. The third-order valence-electron chi connectivity index (χ3n) is 3.34. The second-order valence-electron chi connectivity index (χ2n) is 9.33. The van der Waals surface area contributed by atoms with Crippen molar-refractivity contribution in [1.29, 1.82) is 0 Å². The summed E-state index contributed by atoms with van der Waals surface area (Å²) in [5, 5.41) is 3.37. The minimum absolute atomic E-state index is 0.0398. The zero-order chi connectivity index (χ0) is 18.2. The Morgan fingerprint density at radius 3 is 1.30 bits per heavy atom. The lowest BCUT2D eigenvalue weighted by Crippen LogP contribution is -2.27. The van der Waals surface area contributed by atoms with E-state index in [1.54, 1.807) is 6.07 Å². The first-order valence-corrected chi connectivity index (χ1v) is 8.14. The van der Waals surface area contributed by atoms with Crippen LogP contribution in [0.1, 0.15) is 83.0 Å². The summed E-state index contributed by atoms with van der Waals surface area (Å²) in [7, 11) is 0. The van der Waals surface area contributed by atoms with Gasteiger partial charge in [0.2, 0.25) is 0 Å². The maximum Gasteiger partial charge on any atom is 0.168 e. The summed E-state index contributed by atoms with van der Waals surface area (Å²) < 4.78 is 0. The van der Waals surface area contributed by atoms with Crippen molar-refractivity contribution in [3.63, 3.8) is 0 Å². The highest BCUT2D eigenvalue weighted by Gasteiger charge is 2.28. The van der Waals surface area contributed by atoms with Gasteiger partial charge in [-0.2, -0.15) is 0 Å². The van der Waals surface area contributed by atoms with Crippen LogP contribution in [0.2, 0.25) is 0 Å². The molecule has 0 saturated heterocycles. The van der Waals surface area contributed by atoms with E-state index in [1.807, 2.05) is 53.7 Å². The summed E-state index contributed by atoms with van der Waals surface area (Å²) in [6.45, 7) is 17.5. The van der Waals surface area contributed by atoms with Gasteiger partial charge in [-0.1, -0.05) is 41.5 Å². The van der Waals surface area contributed by atoms with Crippen molar-refractivity contribution in [3.8, 4) is 0 Å². The molecule has 1 aromatic rings. The fourth-order valence-corrected chi connectivity index (χ4v) is 2.26. The highest BCUT2D eigenvalue weighted by atomic mass is 16.1. The number of rotatable bonds is 3. The highest BCUT2D eigenvalue weighted by molar-refractivity contribution is 6.06. The maximum absolute atomic E-state index is 12.7. The number of hydrogen-bond donors (Lipinski definition) is 1. The number of Topliss-reactive ketones (excluding diaryl/α,β-unsaturated/α-hetero) is 2. The van der Waals surface area contributed by atoms with E-state index in [4.69, 9.17) is 0 Å². The first kappa shape index (κ1) is 19.4. The fraction of sp³-hybridized carbons (Fsp3) is 0.600. The van der Waals surface area contributed by atoms with Crippen LogP contribution in [0, 0.1) is 10.8 Å². The van der Waals surface area contributed by atoms with Crippen LogP contribution in [0.4, 0.5) is 5.69 Å². The first-order valence-electron chi connectivity index (χ1n) is 8.14. The maximum atomic E-state index is 12.7. The summed E-state index contributed by atoms with van der Waals surface area (Å²) in [4.78, 5) is 25.3. The van der Waals surface area contributed by atoms with Gasteiger partial charge in [-0.05, 0) is 39.0 Å². The SMILES string of the molecule is CC(C)(C)Nc1cc(C(=O)C(C)(C)C)cc(C(=O)C(C)(C)C)c1. The fourth-order valence-electron chi connectivity index (χ4n) is 2.26. The van der Waals surface area contributed by atoms with E-state index in [2.05, 4.69) is 26.1 Å². The van der Waals surface area contributed by atoms with E-state index in [-0.39, 0.29) is 17.1 Å². The van der Waals surface area contributed by atoms with Crippen molar-refractivity contribution in [2.45, 2.75) is 67.9 Å². The van der Waals surface area contributed by atoms with Gasteiger partial charge in [0.05, 0.1) is 0 Å². The molecule has 0 amide bonds. The topological polar surface area (TPSA) is 46.2 Å². The normalized spacial score (nSPS) is 12.9. The Bertz CT molecular complexity index is 564. The van der Waals surface area contributed by atoms with Gasteiger partial charge in [0, 0.05) is 33.2 Å². The van der Waals surface area contributed by atoms with Crippen molar-refractivity contribution in [2.75, 3.05) is 5.32 Å². The minimum atomic E-state index is -0.484. The Morgan fingerprint density at radius 2 is 1.04 bits per heavy atom. The minimum Gasteiger partial charge on any atom is -0.380 e. The number of ketones is 2. The molecule has 128 valence electrons. The monoisotopic (exact) mass is 317 g/mol. The lowest BCUT2D eigenvalue weighted by atomic mass is 9.82. The number of carbonyl (C=O) groups excluding carboxylic acids is 2. The summed E-state index contributed by atoms with van der Waals surface area (Å²) in [5.41, 5.74) is 0.856. The van der Waals surface area contributed by atoms with E-state index in [0.29, 0.717) is 11.1 Å². The van der Waals surface area contributed by atoms with Crippen LogP contribution in [0.5, 0.6) is 0 Å². The Kier molecular flexibility index (Phi) is 5.15. The number of nitrogens with one attached hydrogen (secondary N) is 1. The van der Waals surface area contributed by atoms with Crippen LogP contribution in [0.25, 0.3) is 0 Å². The Balaban J connectivity index is 3.45. The first-order chi connectivity index (χ1) is 10.1. The molecule has 0 aliphatic rings. The van der Waals surface area contributed by atoms with Crippen LogP contribution in [0.3, 0.4) is 0 Å². The van der Waals surface area contributed by atoms with Gasteiger partial charge in [-0.3, -0.25) is 9.59 Å². The van der Waals surface area contributed by atoms with E-state index in [0.717, 1.165) is 5.69 Å². The van der Waals surface area contributed by atoms with Crippen molar-refractivity contribution >= 4 is 17.3 Å². The lowest BCUT2D eigenvalue weighted by molar-refractivity contribution is 0.0856. The third kappa shape index (κ3) is 5.49. The van der Waals surface area contributed by atoms with E-state index >= 15 is 0 Å². The van der Waals surface area contributed by atoms with Gasteiger partial charge in [-0.25, -0.2) is 0 Å². The molecule has 0 aliphatic carbocycles. The van der Waals surface area contributed by atoms with Gasteiger partial charge in [0.25, 0.3) is 0 Å². The average Bonchev–Trinajstić information content (AvgIpc) is 2.32. The number of anilines is 1. The second-order valence-corrected chi connectivity index (χ2v) is 9.33. The average molecular weight is 317 g/mol. The zero-order valence-electron chi connectivity index (χ0n) is 16.0.